The maximum atomic E-state index is 11.9. The number of carbonyl (C=O) groups excluding carboxylic acids is 1. The van der Waals surface area contributed by atoms with Crippen molar-refractivity contribution in [1.29, 1.82) is 0 Å². The van der Waals surface area contributed by atoms with Crippen molar-refractivity contribution >= 4 is 23.5 Å². The van der Waals surface area contributed by atoms with E-state index in [9.17, 15) is 4.79 Å². The summed E-state index contributed by atoms with van der Waals surface area (Å²) in [6, 6.07) is 7.60. The van der Waals surface area contributed by atoms with Crippen molar-refractivity contribution in [3.8, 4) is 0 Å². The molecule has 1 aliphatic rings. The van der Waals surface area contributed by atoms with Gasteiger partial charge in [0.05, 0.1) is 0 Å². The van der Waals surface area contributed by atoms with Crippen LogP contribution >= 0.6 is 11.6 Å². The molecule has 0 radical (unpaired) electrons. The summed E-state index contributed by atoms with van der Waals surface area (Å²) < 4.78 is 0. The minimum Gasteiger partial charge on any atom is -0.294 e. The van der Waals surface area contributed by atoms with Crippen molar-refractivity contribution in [3.63, 3.8) is 0 Å². The zero-order valence-electron chi connectivity index (χ0n) is 9.37. The number of Topliss-reactive ketones (excluding diaryl/α,β-unsaturated/α-hetero) is 1. The minimum atomic E-state index is 0.187. The van der Waals surface area contributed by atoms with Crippen LogP contribution in [-0.2, 0) is 4.79 Å². The van der Waals surface area contributed by atoms with Crippen LogP contribution in [-0.4, -0.2) is 5.78 Å². The Kier molecular flexibility index (Phi) is 3.45. The van der Waals surface area contributed by atoms with Crippen molar-refractivity contribution in [2.45, 2.75) is 26.2 Å². The molecule has 1 aromatic carbocycles. The summed E-state index contributed by atoms with van der Waals surface area (Å²) in [5, 5.41) is 0.727. The van der Waals surface area contributed by atoms with Gasteiger partial charge in [0, 0.05) is 10.9 Å². The van der Waals surface area contributed by atoms with Crippen LogP contribution in [0.5, 0.6) is 0 Å². The molecule has 0 amide bonds. The molecule has 0 aliphatic heterocycles. The number of hydrogen-bond acceptors (Lipinski definition) is 1. The van der Waals surface area contributed by atoms with Crippen molar-refractivity contribution in [1.82, 2.24) is 0 Å². The molecule has 0 N–H and O–H groups in total. The van der Waals surface area contributed by atoms with Gasteiger partial charge < -0.3 is 0 Å². The molecule has 84 valence electrons. The van der Waals surface area contributed by atoms with E-state index in [-0.39, 0.29) is 5.92 Å². The van der Waals surface area contributed by atoms with Gasteiger partial charge in [-0.1, -0.05) is 30.7 Å². The topological polar surface area (TPSA) is 17.1 Å². The van der Waals surface area contributed by atoms with Gasteiger partial charge in [0.25, 0.3) is 0 Å². The third-order valence-corrected chi connectivity index (χ3v) is 3.31. The molecule has 1 aromatic rings. The van der Waals surface area contributed by atoms with Gasteiger partial charge in [-0.3, -0.25) is 4.79 Å². The Bertz CT molecular complexity index is 417. The summed E-state index contributed by atoms with van der Waals surface area (Å²) in [7, 11) is 0. The van der Waals surface area contributed by atoms with E-state index in [0.717, 1.165) is 35.4 Å². The van der Waals surface area contributed by atoms with Crippen LogP contribution in [0, 0.1) is 5.92 Å². The average molecular weight is 235 g/mol. The number of carbonyl (C=O) groups is 1. The molecular formula is C14H15ClO. The molecule has 0 aromatic heterocycles. The highest BCUT2D eigenvalue weighted by atomic mass is 35.5. The van der Waals surface area contributed by atoms with Crippen LogP contribution in [0.25, 0.3) is 6.08 Å². The molecule has 2 heteroatoms. The Labute approximate surface area is 101 Å². The molecule has 0 unspecified atom stereocenters. The summed E-state index contributed by atoms with van der Waals surface area (Å²) in [5.74, 6) is 0.494. The molecule has 1 aliphatic carbocycles. The Morgan fingerprint density at radius 2 is 2.00 bits per heavy atom. The van der Waals surface area contributed by atoms with Gasteiger partial charge in [-0.25, -0.2) is 0 Å². The zero-order valence-corrected chi connectivity index (χ0v) is 10.1. The second kappa shape index (κ2) is 4.84. The van der Waals surface area contributed by atoms with Gasteiger partial charge in [0.15, 0.2) is 5.78 Å². The predicted octanol–water partition coefficient (Wildman–Crippen LogP) is 4.11. The van der Waals surface area contributed by atoms with Crippen LogP contribution in [0.15, 0.2) is 29.8 Å². The van der Waals surface area contributed by atoms with Gasteiger partial charge in [0.2, 0.25) is 0 Å². The van der Waals surface area contributed by atoms with Gasteiger partial charge in [-0.2, -0.15) is 0 Å². The number of allylic oxidation sites excluding steroid dienone is 1. The molecule has 0 saturated heterocycles. The highest BCUT2D eigenvalue weighted by molar-refractivity contribution is 6.30. The Morgan fingerprint density at radius 1 is 1.31 bits per heavy atom. The number of rotatable bonds is 1. The molecule has 0 spiro atoms. The molecule has 1 fully saturated rings. The van der Waals surface area contributed by atoms with E-state index in [1.807, 2.05) is 37.3 Å². The average Bonchev–Trinajstić information content (AvgIpc) is 2.28. The molecule has 0 bridgehead atoms. The molecule has 16 heavy (non-hydrogen) atoms. The lowest BCUT2D eigenvalue weighted by Crippen LogP contribution is -2.18. The van der Waals surface area contributed by atoms with Gasteiger partial charge >= 0.3 is 0 Å². The van der Waals surface area contributed by atoms with Crippen molar-refractivity contribution in [2.75, 3.05) is 0 Å². The molecule has 0 heterocycles. The van der Waals surface area contributed by atoms with Gasteiger partial charge in [0.1, 0.15) is 0 Å². The van der Waals surface area contributed by atoms with Crippen molar-refractivity contribution < 1.29 is 4.79 Å². The quantitative estimate of drug-likeness (QED) is 0.669. The zero-order chi connectivity index (χ0) is 11.5. The Hall–Kier alpha value is -1.08. The highest BCUT2D eigenvalue weighted by Crippen LogP contribution is 2.26. The van der Waals surface area contributed by atoms with Crippen LogP contribution in [0.2, 0.25) is 5.02 Å². The normalized spacial score (nSPS) is 23.8. The first-order valence-electron chi connectivity index (χ1n) is 5.67. The second-order valence-corrected chi connectivity index (χ2v) is 4.82. The summed E-state index contributed by atoms with van der Waals surface area (Å²) in [4.78, 5) is 11.9. The first kappa shape index (κ1) is 11.4. The van der Waals surface area contributed by atoms with Crippen LogP contribution in [0.1, 0.15) is 31.7 Å². The van der Waals surface area contributed by atoms with E-state index in [2.05, 4.69) is 0 Å². The first-order valence-corrected chi connectivity index (χ1v) is 6.05. The SMILES string of the molecule is C[C@H]1CCCC(=Cc2ccc(Cl)cc2)C1=O. The highest BCUT2D eigenvalue weighted by Gasteiger charge is 2.22. The van der Waals surface area contributed by atoms with Gasteiger partial charge in [-0.15, -0.1) is 0 Å². The number of halogens is 1. The summed E-state index contributed by atoms with van der Waals surface area (Å²) >= 11 is 5.82. The van der Waals surface area contributed by atoms with Crippen LogP contribution in [0.3, 0.4) is 0 Å². The molecule has 1 nitrogen and oxygen atoms in total. The van der Waals surface area contributed by atoms with E-state index < -0.39 is 0 Å². The fraction of sp³-hybridized carbons (Fsp3) is 0.357. The molecule has 1 saturated carbocycles. The lowest BCUT2D eigenvalue weighted by Gasteiger charge is -2.19. The Morgan fingerprint density at radius 3 is 2.69 bits per heavy atom. The number of hydrogen-bond donors (Lipinski definition) is 0. The lowest BCUT2D eigenvalue weighted by molar-refractivity contribution is -0.119. The van der Waals surface area contributed by atoms with E-state index >= 15 is 0 Å². The summed E-state index contributed by atoms with van der Waals surface area (Å²) in [6.45, 7) is 2.01. The van der Waals surface area contributed by atoms with Crippen LogP contribution < -0.4 is 0 Å². The fourth-order valence-corrected chi connectivity index (χ4v) is 2.20. The maximum absolute atomic E-state index is 11.9. The standard InChI is InChI=1S/C14H15ClO/c1-10-3-2-4-12(14(10)16)9-11-5-7-13(15)8-6-11/h5-10H,2-4H2,1H3/t10-/m0/s1. The minimum absolute atomic E-state index is 0.187. The van der Waals surface area contributed by atoms with E-state index in [1.165, 1.54) is 0 Å². The Balaban J connectivity index is 2.23. The van der Waals surface area contributed by atoms with Crippen LogP contribution in [0.4, 0.5) is 0 Å². The number of ketones is 1. The predicted molar refractivity (Wildman–Crippen MR) is 67.5 cm³/mol. The van der Waals surface area contributed by atoms with E-state index in [4.69, 9.17) is 11.6 Å². The van der Waals surface area contributed by atoms with E-state index in [1.54, 1.807) is 0 Å². The summed E-state index contributed by atoms with van der Waals surface area (Å²) in [6.07, 6.45) is 5.04. The first-order chi connectivity index (χ1) is 7.66. The monoisotopic (exact) mass is 234 g/mol. The molecule has 2 rings (SSSR count). The summed E-state index contributed by atoms with van der Waals surface area (Å²) in [5.41, 5.74) is 2.02. The third kappa shape index (κ3) is 2.53. The van der Waals surface area contributed by atoms with Crippen molar-refractivity contribution in [2.24, 2.45) is 5.92 Å². The second-order valence-electron chi connectivity index (χ2n) is 4.38. The fourth-order valence-electron chi connectivity index (χ4n) is 2.07. The van der Waals surface area contributed by atoms with Crippen molar-refractivity contribution in [3.05, 3.63) is 40.4 Å². The van der Waals surface area contributed by atoms with E-state index in [0.29, 0.717) is 5.78 Å². The lowest BCUT2D eigenvalue weighted by atomic mass is 9.84. The molecule has 1 atom stereocenters. The van der Waals surface area contributed by atoms with Gasteiger partial charge in [-0.05, 0) is 48.6 Å². The number of benzene rings is 1. The third-order valence-electron chi connectivity index (χ3n) is 3.06. The molecular weight excluding hydrogens is 220 g/mol. The largest absolute Gasteiger partial charge is 0.294 e. The smallest absolute Gasteiger partial charge is 0.161 e. The maximum Gasteiger partial charge on any atom is 0.161 e.